The molecular formula is C8H5ClF4O2S. The lowest BCUT2D eigenvalue weighted by molar-refractivity contribution is 0.150. The topological polar surface area (TPSA) is 34.1 Å². The summed E-state index contributed by atoms with van der Waals surface area (Å²) < 4.78 is 71.6. The molecule has 0 fully saturated rings. The van der Waals surface area contributed by atoms with Gasteiger partial charge in [0, 0.05) is 21.8 Å². The fourth-order valence-corrected chi connectivity index (χ4v) is 2.02. The molecule has 0 amide bonds. The summed E-state index contributed by atoms with van der Waals surface area (Å²) in [5, 5.41) is 0. The molecule has 90 valence electrons. The predicted octanol–water partition coefficient (Wildman–Crippen LogP) is 2.97. The standard InChI is InChI=1S/C8H5ClF4O2S/c9-16(14,15)3-5-1-4(8(12)13)2-6(10)7(5)11/h1-2,8H,3H2. The molecule has 0 heterocycles. The maximum atomic E-state index is 13.0. The van der Waals surface area contributed by atoms with Gasteiger partial charge < -0.3 is 0 Å². The molecule has 1 aromatic carbocycles. The minimum absolute atomic E-state index is 0.310. The Hall–Kier alpha value is -0.820. The first-order valence-corrected chi connectivity index (χ1v) is 6.37. The molecular weight excluding hydrogens is 272 g/mol. The van der Waals surface area contributed by atoms with E-state index in [0.29, 0.717) is 12.1 Å². The Morgan fingerprint density at radius 2 is 1.81 bits per heavy atom. The highest BCUT2D eigenvalue weighted by molar-refractivity contribution is 8.13. The first-order chi connectivity index (χ1) is 7.20. The van der Waals surface area contributed by atoms with Crippen LogP contribution < -0.4 is 0 Å². The van der Waals surface area contributed by atoms with Crippen LogP contribution in [-0.4, -0.2) is 8.42 Å². The van der Waals surface area contributed by atoms with Gasteiger partial charge in [0.15, 0.2) is 11.6 Å². The zero-order chi connectivity index (χ0) is 12.5. The van der Waals surface area contributed by atoms with E-state index in [1.54, 1.807) is 0 Å². The van der Waals surface area contributed by atoms with E-state index in [9.17, 15) is 26.0 Å². The molecule has 0 unspecified atom stereocenters. The van der Waals surface area contributed by atoms with Crippen molar-refractivity contribution in [2.45, 2.75) is 12.2 Å². The van der Waals surface area contributed by atoms with E-state index < -0.39 is 44.0 Å². The molecule has 8 heteroatoms. The van der Waals surface area contributed by atoms with Crippen LogP contribution >= 0.6 is 10.7 Å². The van der Waals surface area contributed by atoms with Crippen LogP contribution in [0.5, 0.6) is 0 Å². The van der Waals surface area contributed by atoms with Crippen LogP contribution in [0.1, 0.15) is 17.6 Å². The molecule has 0 saturated carbocycles. The van der Waals surface area contributed by atoms with Gasteiger partial charge in [-0.15, -0.1) is 0 Å². The highest BCUT2D eigenvalue weighted by Crippen LogP contribution is 2.25. The van der Waals surface area contributed by atoms with Gasteiger partial charge in [-0.25, -0.2) is 26.0 Å². The molecule has 0 atom stereocenters. The Morgan fingerprint density at radius 3 is 2.25 bits per heavy atom. The molecule has 0 aromatic heterocycles. The van der Waals surface area contributed by atoms with Crippen molar-refractivity contribution < 1.29 is 26.0 Å². The van der Waals surface area contributed by atoms with Crippen molar-refractivity contribution in [3.05, 3.63) is 34.9 Å². The van der Waals surface area contributed by atoms with E-state index in [0.717, 1.165) is 0 Å². The van der Waals surface area contributed by atoms with E-state index >= 15 is 0 Å². The van der Waals surface area contributed by atoms with Crippen LogP contribution in [0.25, 0.3) is 0 Å². The van der Waals surface area contributed by atoms with Crippen LogP contribution in [0.2, 0.25) is 0 Å². The zero-order valence-electron chi connectivity index (χ0n) is 7.55. The Balaban J connectivity index is 3.27. The number of rotatable bonds is 3. The summed E-state index contributed by atoms with van der Waals surface area (Å²) in [7, 11) is 0.681. The normalized spacial score (nSPS) is 12.1. The van der Waals surface area contributed by atoms with Gasteiger partial charge in [0.1, 0.15) is 0 Å². The monoisotopic (exact) mass is 276 g/mol. The Bertz CT molecular complexity index is 501. The fraction of sp³-hybridized carbons (Fsp3) is 0.250. The van der Waals surface area contributed by atoms with E-state index in [1.807, 2.05) is 0 Å². The third kappa shape index (κ3) is 3.34. The van der Waals surface area contributed by atoms with Crippen LogP contribution in [0.15, 0.2) is 12.1 Å². The van der Waals surface area contributed by atoms with Crippen molar-refractivity contribution in [1.82, 2.24) is 0 Å². The van der Waals surface area contributed by atoms with E-state index in [2.05, 4.69) is 0 Å². The van der Waals surface area contributed by atoms with Crippen LogP contribution in [-0.2, 0) is 14.8 Å². The summed E-state index contributed by atoms with van der Waals surface area (Å²) in [6.07, 6.45) is -3.02. The predicted molar refractivity (Wildman–Crippen MR) is 49.8 cm³/mol. The second-order valence-electron chi connectivity index (χ2n) is 2.96. The average molecular weight is 277 g/mol. The van der Waals surface area contributed by atoms with Gasteiger partial charge in [-0.2, -0.15) is 0 Å². The minimum atomic E-state index is -4.14. The summed E-state index contributed by atoms with van der Waals surface area (Å²) in [6, 6.07) is 0.882. The fourth-order valence-electron chi connectivity index (χ4n) is 1.09. The van der Waals surface area contributed by atoms with Gasteiger partial charge in [0.2, 0.25) is 9.05 Å². The van der Waals surface area contributed by atoms with Gasteiger partial charge >= 0.3 is 0 Å². The van der Waals surface area contributed by atoms with Gasteiger partial charge in [0.05, 0.1) is 5.75 Å². The number of hydrogen-bond acceptors (Lipinski definition) is 2. The van der Waals surface area contributed by atoms with Gasteiger partial charge in [-0.1, -0.05) is 0 Å². The maximum Gasteiger partial charge on any atom is 0.263 e. The minimum Gasteiger partial charge on any atom is -0.212 e. The summed E-state index contributed by atoms with van der Waals surface area (Å²) in [6.45, 7) is 0. The lowest BCUT2D eigenvalue weighted by atomic mass is 10.1. The maximum absolute atomic E-state index is 13.0. The number of benzene rings is 1. The van der Waals surface area contributed by atoms with Crippen molar-refractivity contribution in [3.63, 3.8) is 0 Å². The van der Waals surface area contributed by atoms with E-state index in [4.69, 9.17) is 10.7 Å². The average Bonchev–Trinajstić information content (AvgIpc) is 2.10. The molecule has 0 saturated heterocycles. The first-order valence-electron chi connectivity index (χ1n) is 3.89. The zero-order valence-corrected chi connectivity index (χ0v) is 9.13. The van der Waals surface area contributed by atoms with E-state index in [-0.39, 0.29) is 0 Å². The SMILES string of the molecule is O=S(=O)(Cl)Cc1cc(C(F)F)cc(F)c1F. The van der Waals surface area contributed by atoms with Crippen molar-refractivity contribution in [2.75, 3.05) is 0 Å². The third-order valence-electron chi connectivity index (χ3n) is 1.71. The molecule has 1 aromatic rings. The van der Waals surface area contributed by atoms with Gasteiger partial charge in [0.25, 0.3) is 6.43 Å². The molecule has 1 rings (SSSR count). The third-order valence-corrected chi connectivity index (χ3v) is 2.69. The molecule has 0 aliphatic rings. The molecule has 0 radical (unpaired) electrons. The second kappa shape index (κ2) is 4.58. The smallest absolute Gasteiger partial charge is 0.212 e. The van der Waals surface area contributed by atoms with Crippen molar-refractivity contribution in [1.29, 1.82) is 0 Å². The van der Waals surface area contributed by atoms with Crippen LogP contribution in [0.3, 0.4) is 0 Å². The highest BCUT2D eigenvalue weighted by atomic mass is 35.7. The molecule has 2 nitrogen and oxygen atoms in total. The lowest BCUT2D eigenvalue weighted by Gasteiger charge is -2.06. The molecule has 0 bridgehead atoms. The van der Waals surface area contributed by atoms with Crippen LogP contribution in [0.4, 0.5) is 17.6 Å². The van der Waals surface area contributed by atoms with Gasteiger partial charge in [-0.05, 0) is 12.1 Å². The molecule has 0 aliphatic heterocycles. The van der Waals surface area contributed by atoms with E-state index in [1.165, 1.54) is 0 Å². The number of hydrogen-bond donors (Lipinski definition) is 0. The molecule has 0 N–H and O–H groups in total. The number of halogens is 5. The molecule has 16 heavy (non-hydrogen) atoms. The Morgan fingerprint density at radius 1 is 1.25 bits per heavy atom. The largest absolute Gasteiger partial charge is 0.263 e. The molecule has 0 spiro atoms. The summed E-state index contributed by atoms with van der Waals surface area (Å²) in [4.78, 5) is 0. The summed E-state index contributed by atoms with van der Waals surface area (Å²) in [5.74, 6) is -4.07. The lowest BCUT2D eigenvalue weighted by Crippen LogP contribution is -2.02. The van der Waals surface area contributed by atoms with Crippen LogP contribution in [0, 0.1) is 11.6 Å². The Kier molecular flexibility index (Phi) is 3.80. The summed E-state index contributed by atoms with van der Waals surface area (Å²) in [5.41, 5.74) is -1.51. The quantitative estimate of drug-likeness (QED) is 0.628. The summed E-state index contributed by atoms with van der Waals surface area (Å²) >= 11 is 0. The van der Waals surface area contributed by atoms with Crippen molar-refractivity contribution in [3.8, 4) is 0 Å². The van der Waals surface area contributed by atoms with Crippen molar-refractivity contribution >= 4 is 19.7 Å². The second-order valence-corrected chi connectivity index (χ2v) is 5.74. The number of alkyl halides is 2. The van der Waals surface area contributed by atoms with Gasteiger partial charge in [-0.3, -0.25) is 0 Å². The van der Waals surface area contributed by atoms with Crippen molar-refractivity contribution in [2.24, 2.45) is 0 Å². The first kappa shape index (κ1) is 13.2. The molecule has 0 aliphatic carbocycles. The Labute approximate surface area is 93.3 Å². The highest BCUT2D eigenvalue weighted by Gasteiger charge is 2.19.